The second-order valence-electron chi connectivity index (χ2n) is 3.29. The van der Waals surface area contributed by atoms with E-state index in [2.05, 4.69) is 11.4 Å². The van der Waals surface area contributed by atoms with Crippen LogP contribution < -0.4 is 11.1 Å². The summed E-state index contributed by atoms with van der Waals surface area (Å²) in [4.78, 5) is 0. The molecule has 0 radical (unpaired) electrons. The first-order chi connectivity index (χ1) is 5.83. The summed E-state index contributed by atoms with van der Waals surface area (Å²) >= 11 is 0. The third-order valence-corrected chi connectivity index (χ3v) is 2.66. The zero-order valence-electron chi connectivity index (χ0n) is 7.30. The Balaban J connectivity index is 2.46. The highest BCUT2D eigenvalue weighted by Gasteiger charge is 2.21. The lowest BCUT2D eigenvalue weighted by atomic mass is 10.1. The van der Waals surface area contributed by atoms with Crippen LogP contribution in [0.3, 0.4) is 0 Å². The van der Waals surface area contributed by atoms with Crippen LogP contribution >= 0.6 is 0 Å². The van der Waals surface area contributed by atoms with Gasteiger partial charge in [-0.2, -0.15) is 0 Å². The summed E-state index contributed by atoms with van der Waals surface area (Å²) in [5.41, 5.74) is 9.54. The van der Waals surface area contributed by atoms with Gasteiger partial charge in [0.15, 0.2) is 0 Å². The van der Waals surface area contributed by atoms with E-state index in [1.165, 1.54) is 17.5 Å². The van der Waals surface area contributed by atoms with Gasteiger partial charge in [-0.1, -0.05) is 12.1 Å². The monoisotopic (exact) mass is 162 g/mol. The zero-order valence-corrected chi connectivity index (χ0v) is 7.30. The van der Waals surface area contributed by atoms with E-state index in [1.807, 2.05) is 19.2 Å². The van der Waals surface area contributed by atoms with Crippen molar-refractivity contribution in [1.82, 2.24) is 5.32 Å². The number of fused-ring (bicyclic) bond motifs is 1. The molecule has 1 atom stereocenters. The average Bonchev–Trinajstić information content (AvgIpc) is 2.49. The quantitative estimate of drug-likeness (QED) is 0.614. The normalized spacial score (nSPS) is 20.9. The lowest BCUT2D eigenvalue weighted by Crippen LogP contribution is -2.12. The number of nitrogens with two attached hydrogens (primary N) is 1. The molecular formula is C10H14N2. The van der Waals surface area contributed by atoms with Crippen molar-refractivity contribution in [2.45, 2.75) is 18.9 Å². The van der Waals surface area contributed by atoms with Crippen LogP contribution in [0.25, 0.3) is 0 Å². The zero-order chi connectivity index (χ0) is 8.55. The molecule has 0 amide bonds. The first-order valence-corrected chi connectivity index (χ1v) is 4.37. The van der Waals surface area contributed by atoms with Gasteiger partial charge in [0.25, 0.3) is 0 Å². The van der Waals surface area contributed by atoms with Crippen LogP contribution in [0.2, 0.25) is 0 Å². The summed E-state index contributed by atoms with van der Waals surface area (Å²) in [5.74, 6) is 0. The van der Waals surface area contributed by atoms with Gasteiger partial charge in [-0.15, -0.1) is 0 Å². The molecule has 12 heavy (non-hydrogen) atoms. The third-order valence-electron chi connectivity index (χ3n) is 2.66. The fraction of sp³-hybridized carbons (Fsp3) is 0.400. The highest BCUT2D eigenvalue weighted by Crippen LogP contribution is 2.33. The Morgan fingerprint density at radius 1 is 1.50 bits per heavy atom. The Labute approximate surface area is 72.8 Å². The van der Waals surface area contributed by atoms with Crippen LogP contribution in [0.15, 0.2) is 18.2 Å². The van der Waals surface area contributed by atoms with Gasteiger partial charge < -0.3 is 11.1 Å². The summed E-state index contributed by atoms with van der Waals surface area (Å²) in [6.45, 7) is 0. The topological polar surface area (TPSA) is 38.0 Å². The molecule has 2 rings (SSSR count). The molecular weight excluding hydrogens is 148 g/mol. The largest absolute Gasteiger partial charge is 0.398 e. The summed E-state index contributed by atoms with van der Waals surface area (Å²) in [6, 6.07) is 6.70. The van der Waals surface area contributed by atoms with Gasteiger partial charge >= 0.3 is 0 Å². The van der Waals surface area contributed by atoms with Gasteiger partial charge in [0.2, 0.25) is 0 Å². The molecule has 1 aromatic rings. The minimum absolute atomic E-state index is 0.517. The van der Waals surface area contributed by atoms with Gasteiger partial charge in [0, 0.05) is 11.7 Å². The molecule has 0 bridgehead atoms. The fourth-order valence-corrected chi connectivity index (χ4v) is 1.98. The number of anilines is 1. The maximum absolute atomic E-state index is 5.86. The molecule has 1 aromatic carbocycles. The maximum atomic E-state index is 5.86. The number of rotatable bonds is 1. The third kappa shape index (κ3) is 0.994. The summed E-state index contributed by atoms with van der Waals surface area (Å²) < 4.78 is 0. The molecule has 0 saturated carbocycles. The van der Waals surface area contributed by atoms with E-state index in [0.717, 1.165) is 12.1 Å². The van der Waals surface area contributed by atoms with Crippen molar-refractivity contribution >= 4 is 5.69 Å². The SMILES string of the molecule is CNC1CCc2c(N)cccc21. The highest BCUT2D eigenvalue weighted by molar-refractivity contribution is 5.54. The van der Waals surface area contributed by atoms with Crippen molar-refractivity contribution in [2.24, 2.45) is 0 Å². The second kappa shape index (κ2) is 2.79. The van der Waals surface area contributed by atoms with Crippen LogP contribution in [-0.4, -0.2) is 7.05 Å². The molecule has 3 N–H and O–H groups in total. The molecule has 1 unspecified atom stereocenters. The average molecular weight is 162 g/mol. The summed E-state index contributed by atoms with van der Waals surface area (Å²) in [7, 11) is 2.00. The smallest absolute Gasteiger partial charge is 0.0349 e. The number of nitrogen functional groups attached to an aromatic ring is 1. The molecule has 0 aromatic heterocycles. The van der Waals surface area contributed by atoms with Gasteiger partial charge in [0.05, 0.1) is 0 Å². The van der Waals surface area contributed by atoms with Crippen LogP contribution in [0.5, 0.6) is 0 Å². The first kappa shape index (κ1) is 7.62. The van der Waals surface area contributed by atoms with E-state index in [1.54, 1.807) is 0 Å². The maximum Gasteiger partial charge on any atom is 0.0349 e. The van der Waals surface area contributed by atoms with Gasteiger partial charge in [-0.3, -0.25) is 0 Å². The van der Waals surface area contributed by atoms with Crippen LogP contribution in [0.1, 0.15) is 23.6 Å². The Morgan fingerprint density at radius 3 is 3.08 bits per heavy atom. The van der Waals surface area contributed by atoms with Crippen LogP contribution in [0, 0.1) is 0 Å². The van der Waals surface area contributed by atoms with E-state index in [-0.39, 0.29) is 0 Å². The van der Waals surface area contributed by atoms with Crippen molar-refractivity contribution in [2.75, 3.05) is 12.8 Å². The first-order valence-electron chi connectivity index (χ1n) is 4.37. The van der Waals surface area contributed by atoms with Crippen LogP contribution in [0.4, 0.5) is 5.69 Å². The number of benzene rings is 1. The van der Waals surface area contributed by atoms with E-state index in [0.29, 0.717) is 6.04 Å². The van der Waals surface area contributed by atoms with Gasteiger partial charge in [0.1, 0.15) is 0 Å². The van der Waals surface area contributed by atoms with E-state index in [9.17, 15) is 0 Å². The summed E-state index contributed by atoms with van der Waals surface area (Å²) in [6.07, 6.45) is 2.30. The second-order valence-corrected chi connectivity index (χ2v) is 3.29. The molecule has 1 aliphatic rings. The van der Waals surface area contributed by atoms with E-state index < -0.39 is 0 Å². The van der Waals surface area contributed by atoms with Crippen molar-refractivity contribution < 1.29 is 0 Å². The fourth-order valence-electron chi connectivity index (χ4n) is 1.98. The Hall–Kier alpha value is -1.02. The molecule has 0 fully saturated rings. The minimum atomic E-state index is 0.517. The van der Waals surface area contributed by atoms with Gasteiger partial charge in [-0.25, -0.2) is 0 Å². The van der Waals surface area contributed by atoms with Gasteiger partial charge in [-0.05, 0) is 37.1 Å². The van der Waals surface area contributed by atoms with E-state index >= 15 is 0 Å². The number of hydrogen-bond donors (Lipinski definition) is 2. The Morgan fingerprint density at radius 2 is 2.33 bits per heavy atom. The van der Waals surface area contributed by atoms with Crippen molar-refractivity contribution in [1.29, 1.82) is 0 Å². The standard InChI is InChI=1S/C10H14N2/c1-12-10-6-5-7-8(10)3-2-4-9(7)11/h2-4,10,12H,5-6,11H2,1H3. The van der Waals surface area contributed by atoms with Crippen molar-refractivity contribution in [3.63, 3.8) is 0 Å². The number of nitrogens with one attached hydrogen (secondary N) is 1. The molecule has 0 heterocycles. The van der Waals surface area contributed by atoms with Crippen LogP contribution in [-0.2, 0) is 6.42 Å². The van der Waals surface area contributed by atoms with Crippen molar-refractivity contribution in [3.8, 4) is 0 Å². The number of hydrogen-bond acceptors (Lipinski definition) is 2. The minimum Gasteiger partial charge on any atom is -0.398 e. The Bertz CT molecular complexity index is 294. The molecule has 2 heteroatoms. The molecule has 0 saturated heterocycles. The molecule has 0 spiro atoms. The Kier molecular flexibility index (Phi) is 1.77. The molecule has 1 aliphatic carbocycles. The predicted molar refractivity (Wildman–Crippen MR) is 51.0 cm³/mol. The summed E-state index contributed by atoms with van der Waals surface area (Å²) in [5, 5.41) is 3.29. The van der Waals surface area contributed by atoms with E-state index in [4.69, 9.17) is 5.73 Å². The predicted octanol–water partition coefficient (Wildman–Crippen LogP) is 1.48. The lowest BCUT2D eigenvalue weighted by Gasteiger charge is -2.09. The molecule has 64 valence electrons. The highest BCUT2D eigenvalue weighted by atomic mass is 14.9. The molecule has 0 aliphatic heterocycles. The molecule has 2 nitrogen and oxygen atoms in total. The van der Waals surface area contributed by atoms with Crippen molar-refractivity contribution in [3.05, 3.63) is 29.3 Å². The lowest BCUT2D eigenvalue weighted by molar-refractivity contribution is 0.590.